The first-order valence-corrected chi connectivity index (χ1v) is 10.2. The van der Waals surface area contributed by atoms with E-state index in [1.807, 2.05) is 22.8 Å². The Morgan fingerprint density at radius 3 is 2.86 bits per heavy atom. The fourth-order valence-electron chi connectivity index (χ4n) is 3.67. The van der Waals surface area contributed by atoms with Crippen molar-refractivity contribution in [1.82, 2.24) is 20.2 Å². The zero-order valence-electron chi connectivity index (χ0n) is 16.6. The fourth-order valence-corrected chi connectivity index (χ4v) is 3.67. The molecular weight excluding hydrogens is 372 g/mol. The number of imidazole rings is 1. The van der Waals surface area contributed by atoms with Crippen LogP contribution in [0, 0.1) is 0 Å². The van der Waals surface area contributed by atoms with Gasteiger partial charge in [0.25, 0.3) is 11.8 Å². The molecule has 0 unspecified atom stereocenters. The molecule has 0 saturated heterocycles. The Balaban J connectivity index is 1.48. The van der Waals surface area contributed by atoms with E-state index in [9.17, 15) is 9.59 Å². The Kier molecular flexibility index (Phi) is 5.69. The number of aromatic nitrogens is 2. The Bertz CT molecular complexity index is 922. The lowest BCUT2D eigenvalue weighted by atomic mass is 10.1. The first kappa shape index (κ1) is 19.3. The third-order valence-corrected chi connectivity index (χ3v) is 5.24. The number of nitrogens with zero attached hydrogens (tertiary/aromatic N) is 2. The summed E-state index contributed by atoms with van der Waals surface area (Å²) in [6.07, 6.45) is 4.65. The number of rotatable bonds is 7. The maximum atomic E-state index is 12.8. The molecule has 4 rings (SSSR count). The third kappa shape index (κ3) is 4.06. The number of hydrogen-bond acceptors (Lipinski definition) is 5. The van der Waals surface area contributed by atoms with Crippen molar-refractivity contribution in [2.24, 2.45) is 0 Å². The maximum Gasteiger partial charge on any atom is 0.287 e. The van der Waals surface area contributed by atoms with Crippen molar-refractivity contribution in [1.29, 1.82) is 0 Å². The molecule has 0 aliphatic carbocycles. The van der Waals surface area contributed by atoms with Gasteiger partial charge in [-0.15, -0.1) is 0 Å². The maximum absolute atomic E-state index is 12.8. The number of fused-ring (bicyclic) bond motifs is 2. The minimum absolute atomic E-state index is 0.212. The zero-order chi connectivity index (χ0) is 20.2. The summed E-state index contributed by atoms with van der Waals surface area (Å²) in [6.45, 7) is 3.97. The van der Waals surface area contributed by atoms with Crippen LogP contribution < -0.4 is 20.1 Å². The van der Waals surface area contributed by atoms with E-state index < -0.39 is 0 Å². The summed E-state index contributed by atoms with van der Waals surface area (Å²) in [4.78, 5) is 29.8. The number of ether oxygens (including phenoxy) is 2. The van der Waals surface area contributed by atoms with Gasteiger partial charge in [0.05, 0.1) is 5.69 Å². The van der Waals surface area contributed by atoms with Crippen LogP contribution in [0.3, 0.4) is 0 Å². The predicted molar refractivity (Wildman–Crippen MR) is 106 cm³/mol. The van der Waals surface area contributed by atoms with Gasteiger partial charge in [-0.25, -0.2) is 4.98 Å². The number of amides is 2. The van der Waals surface area contributed by atoms with E-state index in [0.717, 1.165) is 43.4 Å². The monoisotopic (exact) mass is 398 g/mol. The summed E-state index contributed by atoms with van der Waals surface area (Å²) in [5.74, 6) is 1.26. The zero-order valence-corrected chi connectivity index (χ0v) is 16.6. The van der Waals surface area contributed by atoms with Gasteiger partial charge in [0.15, 0.2) is 17.3 Å². The Morgan fingerprint density at radius 2 is 2.00 bits per heavy atom. The SMILES string of the molecule is CCCCNC(=O)c1nc(C(=O)NCc2ccc3c(c2)OCO3)c2n1CCCC2. The topological polar surface area (TPSA) is 94.5 Å². The van der Waals surface area contributed by atoms with Gasteiger partial charge in [-0.3, -0.25) is 9.59 Å². The average Bonchev–Trinajstić information content (AvgIpc) is 3.36. The van der Waals surface area contributed by atoms with Crippen molar-refractivity contribution in [3.63, 3.8) is 0 Å². The molecule has 2 aliphatic rings. The molecule has 29 heavy (non-hydrogen) atoms. The van der Waals surface area contributed by atoms with Gasteiger partial charge in [-0.2, -0.15) is 0 Å². The number of carbonyl (C=O) groups is 2. The molecule has 0 radical (unpaired) electrons. The second kappa shape index (κ2) is 8.55. The van der Waals surface area contributed by atoms with Crippen molar-refractivity contribution < 1.29 is 19.1 Å². The van der Waals surface area contributed by atoms with Crippen molar-refractivity contribution in [2.75, 3.05) is 13.3 Å². The largest absolute Gasteiger partial charge is 0.454 e. The highest BCUT2D eigenvalue weighted by molar-refractivity contribution is 5.97. The Morgan fingerprint density at radius 1 is 1.14 bits per heavy atom. The number of unbranched alkanes of at least 4 members (excludes halogenated alkanes) is 1. The molecular formula is C21H26N4O4. The number of carbonyl (C=O) groups excluding carboxylic acids is 2. The summed E-state index contributed by atoms with van der Waals surface area (Å²) in [7, 11) is 0. The molecule has 1 aromatic carbocycles. The molecule has 2 aliphatic heterocycles. The number of nitrogens with one attached hydrogen (secondary N) is 2. The highest BCUT2D eigenvalue weighted by Crippen LogP contribution is 2.32. The average molecular weight is 398 g/mol. The molecule has 2 aromatic rings. The molecule has 0 spiro atoms. The van der Waals surface area contributed by atoms with Crippen molar-refractivity contribution >= 4 is 11.8 Å². The van der Waals surface area contributed by atoms with Crippen molar-refractivity contribution in [2.45, 2.75) is 52.1 Å². The van der Waals surface area contributed by atoms with Crippen LogP contribution in [0.25, 0.3) is 0 Å². The molecule has 0 bridgehead atoms. The quantitative estimate of drug-likeness (QED) is 0.699. The van der Waals surface area contributed by atoms with E-state index in [0.29, 0.717) is 42.7 Å². The van der Waals surface area contributed by atoms with E-state index >= 15 is 0 Å². The van der Waals surface area contributed by atoms with E-state index in [1.54, 1.807) is 0 Å². The Hall–Kier alpha value is -3.03. The highest BCUT2D eigenvalue weighted by atomic mass is 16.7. The summed E-state index contributed by atoms with van der Waals surface area (Å²) in [6, 6.07) is 5.59. The first-order valence-electron chi connectivity index (χ1n) is 10.2. The van der Waals surface area contributed by atoms with Crippen molar-refractivity contribution in [3.8, 4) is 11.5 Å². The Labute approximate surface area is 169 Å². The minimum Gasteiger partial charge on any atom is -0.454 e. The summed E-state index contributed by atoms with van der Waals surface area (Å²) < 4.78 is 12.6. The lowest BCUT2D eigenvalue weighted by Gasteiger charge is -2.17. The van der Waals surface area contributed by atoms with E-state index in [2.05, 4.69) is 22.5 Å². The molecule has 0 atom stereocenters. The van der Waals surface area contributed by atoms with Crippen LogP contribution in [0.5, 0.6) is 11.5 Å². The summed E-state index contributed by atoms with van der Waals surface area (Å²) in [5.41, 5.74) is 2.11. The van der Waals surface area contributed by atoms with Gasteiger partial charge in [0, 0.05) is 19.6 Å². The van der Waals surface area contributed by atoms with Crippen molar-refractivity contribution in [3.05, 3.63) is 41.0 Å². The normalized spacial score (nSPS) is 14.4. The predicted octanol–water partition coefficient (Wildman–Crippen LogP) is 2.41. The minimum atomic E-state index is -0.263. The van der Waals surface area contributed by atoms with Crippen LogP contribution in [0.2, 0.25) is 0 Å². The molecule has 0 saturated carbocycles. The van der Waals surface area contributed by atoms with Crippen LogP contribution in [0.15, 0.2) is 18.2 Å². The second-order valence-electron chi connectivity index (χ2n) is 7.32. The molecule has 154 valence electrons. The van der Waals surface area contributed by atoms with Gasteiger partial charge in [-0.1, -0.05) is 19.4 Å². The van der Waals surface area contributed by atoms with Crippen LogP contribution in [0.4, 0.5) is 0 Å². The highest BCUT2D eigenvalue weighted by Gasteiger charge is 2.27. The third-order valence-electron chi connectivity index (χ3n) is 5.24. The first-order chi connectivity index (χ1) is 14.2. The smallest absolute Gasteiger partial charge is 0.287 e. The number of benzene rings is 1. The van der Waals surface area contributed by atoms with Gasteiger partial charge in [-0.05, 0) is 43.4 Å². The van der Waals surface area contributed by atoms with Crippen LogP contribution in [-0.2, 0) is 19.5 Å². The molecule has 2 amide bonds. The lowest BCUT2D eigenvalue weighted by Crippen LogP contribution is -2.28. The summed E-state index contributed by atoms with van der Waals surface area (Å²) >= 11 is 0. The van der Waals surface area contributed by atoms with Crippen LogP contribution >= 0.6 is 0 Å². The lowest BCUT2D eigenvalue weighted by molar-refractivity contribution is 0.0937. The van der Waals surface area contributed by atoms with E-state index in [-0.39, 0.29) is 18.6 Å². The summed E-state index contributed by atoms with van der Waals surface area (Å²) in [5, 5.41) is 5.82. The molecule has 2 N–H and O–H groups in total. The second-order valence-corrected chi connectivity index (χ2v) is 7.32. The molecule has 8 nitrogen and oxygen atoms in total. The van der Waals surface area contributed by atoms with Crippen LogP contribution in [-0.4, -0.2) is 34.7 Å². The molecule has 8 heteroatoms. The van der Waals surface area contributed by atoms with Gasteiger partial charge in [0.2, 0.25) is 6.79 Å². The van der Waals surface area contributed by atoms with E-state index in [1.165, 1.54) is 0 Å². The fraction of sp³-hybridized carbons (Fsp3) is 0.476. The van der Waals surface area contributed by atoms with Gasteiger partial charge >= 0.3 is 0 Å². The van der Waals surface area contributed by atoms with Gasteiger partial charge < -0.3 is 24.7 Å². The molecule has 3 heterocycles. The van der Waals surface area contributed by atoms with Crippen LogP contribution in [0.1, 0.15) is 65.0 Å². The van der Waals surface area contributed by atoms with E-state index in [4.69, 9.17) is 9.47 Å². The van der Waals surface area contributed by atoms with Gasteiger partial charge in [0.1, 0.15) is 5.69 Å². The molecule has 1 aromatic heterocycles. The standard InChI is InChI=1S/C21H26N4O4/c1-2-3-9-22-21(27)19-24-18(15-6-4-5-10-25(15)19)20(26)23-12-14-7-8-16-17(11-14)29-13-28-16/h7-8,11H,2-6,9-10,12-13H2,1H3,(H,22,27)(H,23,26). The number of hydrogen-bond donors (Lipinski definition) is 2. The molecule has 0 fully saturated rings.